The third-order valence-corrected chi connectivity index (χ3v) is 4.41. The molecule has 1 heterocycles. The molecule has 1 aliphatic heterocycles. The van der Waals surface area contributed by atoms with Gasteiger partial charge in [-0.2, -0.15) is 0 Å². The first-order chi connectivity index (χ1) is 10.9. The van der Waals surface area contributed by atoms with E-state index in [0.717, 1.165) is 38.3 Å². The van der Waals surface area contributed by atoms with Gasteiger partial charge in [-0.3, -0.25) is 4.90 Å². The zero-order valence-electron chi connectivity index (χ0n) is 14.4. The first-order valence-corrected chi connectivity index (χ1v) is 8.41. The molecule has 0 bridgehead atoms. The Kier molecular flexibility index (Phi) is 6.13. The van der Waals surface area contributed by atoms with Crippen LogP contribution in [-0.4, -0.2) is 55.7 Å². The summed E-state index contributed by atoms with van der Waals surface area (Å²) in [6, 6.07) is 3.48. The Bertz CT molecular complexity index is 555. The maximum absolute atomic E-state index is 12.5. The Hall–Kier alpha value is -1.46. The summed E-state index contributed by atoms with van der Waals surface area (Å²) < 4.78 is 5.30. The fourth-order valence-corrected chi connectivity index (χ4v) is 2.93. The summed E-state index contributed by atoms with van der Waals surface area (Å²) in [5.41, 5.74) is 1.56. The van der Waals surface area contributed by atoms with Gasteiger partial charge in [0.15, 0.2) is 0 Å². The van der Waals surface area contributed by atoms with E-state index in [1.54, 1.807) is 13.2 Å². The number of rotatable bonds is 4. The van der Waals surface area contributed by atoms with Gasteiger partial charge in [0, 0.05) is 43.8 Å². The molecule has 1 saturated heterocycles. The van der Waals surface area contributed by atoms with Gasteiger partial charge in [-0.1, -0.05) is 25.4 Å². The minimum absolute atomic E-state index is 0.0887. The van der Waals surface area contributed by atoms with Crippen LogP contribution < -0.4 is 10.1 Å². The summed E-state index contributed by atoms with van der Waals surface area (Å²) in [7, 11) is 1.57. The molecule has 1 aromatic rings. The van der Waals surface area contributed by atoms with Crippen LogP contribution in [0.25, 0.3) is 0 Å². The Morgan fingerprint density at radius 2 is 1.96 bits per heavy atom. The van der Waals surface area contributed by atoms with E-state index in [1.165, 1.54) is 0 Å². The molecule has 1 fully saturated rings. The molecule has 1 aromatic carbocycles. The molecule has 6 heteroatoms. The average molecular weight is 340 g/mol. The normalized spacial score (nSPS) is 15.8. The number of amides is 2. The minimum atomic E-state index is -0.0887. The van der Waals surface area contributed by atoms with Crippen LogP contribution in [0.3, 0.4) is 0 Å². The number of benzene rings is 1. The third-order valence-electron chi connectivity index (χ3n) is 4.01. The first kappa shape index (κ1) is 17.9. The second kappa shape index (κ2) is 7.88. The summed E-state index contributed by atoms with van der Waals surface area (Å²) in [4.78, 5) is 16.7. The number of carbonyl (C=O) groups excluding carboxylic acids is 1. The molecule has 0 atom stereocenters. The van der Waals surface area contributed by atoms with E-state index >= 15 is 0 Å². The Labute approximate surface area is 143 Å². The van der Waals surface area contributed by atoms with E-state index in [0.29, 0.717) is 22.4 Å². The van der Waals surface area contributed by atoms with Crippen molar-refractivity contribution in [2.24, 2.45) is 5.92 Å². The van der Waals surface area contributed by atoms with Crippen molar-refractivity contribution in [1.29, 1.82) is 0 Å². The lowest BCUT2D eigenvalue weighted by Crippen LogP contribution is -2.50. The van der Waals surface area contributed by atoms with Crippen LogP contribution in [0.1, 0.15) is 19.4 Å². The van der Waals surface area contributed by atoms with Crippen LogP contribution in [0.2, 0.25) is 5.02 Å². The van der Waals surface area contributed by atoms with Gasteiger partial charge < -0.3 is 15.0 Å². The highest BCUT2D eigenvalue weighted by Crippen LogP contribution is 2.31. The smallest absolute Gasteiger partial charge is 0.322 e. The number of anilines is 1. The third kappa shape index (κ3) is 4.75. The second-order valence-corrected chi connectivity index (χ2v) is 6.82. The molecular formula is C17H26ClN3O2. The molecule has 0 spiro atoms. The van der Waals surface area contributed by atoms with Gasteiger partial charge in [-0.05, 0) is 24.5 Å². The summed E-state index contributed by atoms with van der Waals surface area (Å²) in [6.45, 7) is 10.7. The van der Waals surface area contributed by atoms with E-state index in [4.69, 9.17) is 16.3 Å². The quantitative estimate of drug-likeness (QED) is 0.913. The number of piperazine rings is 1. The van der Waals surface area contributed by atoms with E-state index in [-0.39, 0.29) is 6.03 Å². The van der Waals surface area contributed by atoms with Crippen molar-refractivity contribution < 1.29 is 9.53 Å². The Morgan fingerprint density at radius 3 is 2.52 bits per heavy atom. The average Bonchev–Trinajstić information content (AvgIpc) is 2.50. The molecule has 0 saturated carbocycles. The van der Waals surface area contributed by atoms with Gasteiger partial charge in [-0.15, -0.1) is 0 Å². The van der Waals surface area contributed by atoms with Gasteiger partial charge in [0.2, 0.25) is 0 Å². The monoisotopic (exact) mass is 339 g/mol. The number of nitrogens with one attached hydrogen (secondary N) is 1. The van der Waals surface area contributed by atoms with Crippen LogP contribution in [-0.2, 0) is 0 Å². The molecule has 2 rings (SSSR count). The molecule has 0 radical (unpaired) electrons. The molecule has 23 heavy (non-hydrogen) atoms. The number of methoxy groups -OCH3 is 1. The largest absolute Gasteiger partial charge is 0.495 e. The standard InChI is InChI=1S/C17H26ClN3O2/c1-12(2)11-20-5-7-21(8-6-20)17(22)19-15-9-13(3)14(18)10-16(15)23-4/h9-10,12H,5-8,11H2,1-4H3,(H,19,22). The summed E-state index contributed by atoms with van der Waals surface area (Å²) in [6.07, 6.45) is 0. The maximum atomic E-state index is 12.5. The van der Waals surface area contributed by atoms with Crippen molar-refractivity contribution in [1.82, 2.24) is 9.80 Å². The number of ether oxygens (including phenoxy) is 1. The summed E-state index contributed by atoms with van der Waals surface area (Å²) in [5.74, 6) is 1.23. The predicted molar refractivity (Wildman–Crippen MR) is 94.6 cm³/mol. The van der Waals surface area contributed by atoms with E-state index in [1.807, 2.05) is 17.9 Å². The number of hydrogen-bond acceptors (Lipinski definition) is 3. The van der Waals surface area contributed by atoms with E-state index < -0.39 is 0 Å². The predicted octanol–water partition coefficient (Wildman–Crippen LogP) is 3.46. The van der Waals surface area contributed by atoms with E-state index in [9.17, 15) is 4.79 Å². The summed E-state index contributed by atoms with van der Waals surface area (Å²) in [5, 5.41) is 3.57. The number of hydrogen-bond donors (Lipinski definition) is 1. The Balaban J connectivity index is 1.97. The van der Waals surface area contributed by atoms with Crippen molar-refractivity contribution in [3.8, 4) is 5.75 Å². The molecular weight excluding hydrogens is 314 g/mol. The molecule has 2 amide bonds. The van der Waals surface area contributed by atoms with Crippen LogP contribution in [0, 0.1) is 12.8 Å². The van der Waals surface area contributed by atoms with Crippen LogP contribution >= 0.6 is 11.6 Å². The minimum Gasteiger partial charge on any atom is -0.495 e. The lowest BCUT2D eigenvalue weighted by Gasteiger charge is -2.35. The Morgan fingerprint density at radius 1 is 1.30 bits per heavy atom. The number of carbonyl (C=O) groups is 1. The molecule has 128 valence electrons. The molecule has 0 unspecified atom stereocenters. The van der Waals surface area contributed by atoms with Crippen molar-refractivity contribution >= 4 is 23.3 Å². The summed E-state index contributed by atoms with van der Waals surface area (Å²) >= 11 is 6.10. The number of halogens is 1. The van der Waals surface area contributed by atoms with Gasteiger partial charge in [0.05, 0.1) is 12.8 Å². The second-order valence-electron chi connectivity index (χ2n) is 6.41. The van der Waals surface area contributed by atoms with Gasteiger partial charge in [-0.25, -0.2) is 4.79 Å². The highest BCUT2D eigenvalue weighted by Gasteiger charge is 2.22. The maximum Gasteiger partial charge on any atom is 0.322 e. The molecule has 0 aromatic heterocycles. The van der Waals surface area contributed by atoms with Crippen LogP contribution in [0.15, 0.2) is 12.1 Å². The molecule has 1 aliphatic rings. The zero-order chi connectivity index (χ0) is 17.0. The molecule has 1 N–H and O–H groups in total. The number of nitrogens with zero attached hydrogens (tertiary/aromatic N) is 2. The van der Waals surface area contributed by atoms with Gasteiger partial charge in [0.1, 0.15) is 5.75 Å². The molecule has 5 nitrogen and oxygen atoms in total. The van der Waals surface area contributed by atoms with Crippen molar-refractivity contribution in [3.05, 3.63) is 22.7 Å². The van der Waals surface area contributed by atoms with Crippen molar-refractivity contribution in [3.63, 3.8) is 0 Å². The van der Waals surface area contributed by atoms with Crippen LogP contribution in [0.4, 0.5) is 10.5 Å². The first-order valence-electron chi connectivity index (χ1n) is 8.03. The highest BCUT2D eigenvalue weighted by molar-refractivity contribution is 6.31. The zero-order valence-corrected chi connectivity index (χ0v) is 15.1. The van der Waals surface area contributed by atoms with Crippen molar-refractivity contribution in [2.45, 2.75) is 20.8 Å². The SMILES string of the molecule is COc1cc(Cl)c(C)cc1NC(=O)N1CCN(CC(C)C)CC1. The topological polar surface area (TPSA) is 44.8 Å². The van der Waals surface area contributed by atoms with Crippen molar-refractivity contribution in [2.75, 3.05) is 45.2 Å². The number of aryl methyl sites for hydroxylation is 1. The molecule has 0 aliphatic carbocycles. The highest BCUT2D eigenvalue weighted by atomic mass is 35.5. The lowest BCUT2D eigenvalue weighted by molar-refractivity contribution is 0.138. The van der Waals surface area contributed by atoms with Gasteiger partial charge in [0.25, 0.3) is 0 Å². The van der Waals surface area contributed by atoms with Crippen LogP contribution in [0.5, 0.6) is 5.75 Å². The number of urea groups is 1. The lowest BCUT2D eigenvalue weighted by atomic mass is 10.2. The fraction of sp³-hybridized carbons (Fsp3) is 0.588. The fourth-order valence-electron chi connectivity index (χ4n) is 2.77. The van der Waals surface area contributed by atoms with Gasteiger partial charge >= 0.3 is 6.03 Å². The van der Waals surface area contributed by atoms with E-state index in [2.05, 4.69) is 24.1 Å².